The molecule has 1 amide bonds. The van der Waals surface area contributed by atoms with Gasteiger partial charge in [0.15, 0.2) is 0 Å². The molecule has 2 aromatic rings. The van der Waals surface area contributed by atoms with Gasteiger partial charge < -0.3 is 5.32 Å². The molecule has 20 heavy (non-hydrogen) atoms. The van der Waals surface area contributed by atoms with E-state index in [0.717, 1.165) is 5.69 Å². The Kier molecular flexibility index (Phi) is 4.62. The number of carbonyl (C=O) groups excluding carboxylic acids is 1. The number of pyridine rings is 2. The van der Waals surface area contributed by atoms with Crippen LogP contribution in [0.2, 0.25) is 0 Å². The van der Waals surface area contributed by atoms with E-state index in [-0.39, 0.29) is 22.4 Å². The highest BCUT2D eigenvalue weighted by Crippen LogP contribution is 2.26. The van der Waals surface area contributed by atoms with Crippen molar-refractivity contribution in [3.63, 3.8) is 0 Å². The molecule has 0 aliphatic carbocycles. The maximum absolute atomic E-state index is 12.4. The summed E-state index contributed by atoms with van der Waals surface area (Å²) < 4.78 is 24.8. The molecular formula is C13H11F2N3OS. The number of amides is 1. The molecule has 2 heterocycles. The Labute approximate surface area is 118 Å². The highest BCUT2D eigenvalue weighted by molar-refractivity contribution is 7.99. The molecule has 0 spiro atoms. The van der Waals surface area contributed by atoms with Gasteiger partial charge in [-0.15, -0.1) is 0 Å². The van der Waals surface area contributed by atoms with Gasteiger partial charge in [-0.3, -0.25) is 4.79 Å². The fourth-order valence-corrected chi connectivity index (χ4v) is 2.12. The highest BCUT2D eigenvalue weighted by atomic mass is 32.2. The van der Waals surface area contributed by atoms with Crippen molar-refractivity contribution in [1.29, 1.82) is 0 Å². The van der Waals surface area contributed by atoms with Crippen molar-refractivity contribution >= 4 is 23.5 Å². The van der Waals surface area contributed by atoms with E-state index in [4.69, 9.17) is 0 Å². The van der Waals surface area contributed by atoms with Crippen molar-refractivity contribution in [1.82, 2.24) is 9.97 Å². The Morgan fingerprint density at radius 2 is 2.10 bits per heavy atom. The molecule has 0 radical (unpaired) electrons. The van der Waals surface area contributed by atoms with E-state index in [1.807, 2.05) is 0 Å². The van der Waals surface area contributed by atoms with E-state index in [1.165, 1.54) is 18.3 Å². The van der Waals surface area contributed by atoms with Gasteiger partial charge >= 0.3 is 0 Å². The fourth-order valence-electron chi connectivity index (χ4n) is 1.54. The molecule has 0 bridgehead atoms. The Bertz CT molecular complexity index is 622. The van der Waals surface area contributed by atoms with Crippen LogP contribution in [0.4, 0.5) is 14.6 Å². The number of nitrogens with one attached hydrogen (secondary N) is 1. The van der Waals surface area contributed by atoms with Crippen LogP contribution in [0.25, 0.3) is 0 Å². The number of aromatic nitrogens is 2. The van der Waals surface area contributed by atoms with Crippen molar-refractivity contribution < 1.29 is 13.6 Å². The molecule has 0 aromatic carbocycles. The first-order valence-electron chi connectivity index (χ1n) is 5.71. The number of carbonyl (C=O) groups is 1. The van der Waals surface area contributed by atoms with Gasteiger partial charge in [-0.1, -0.05) is 6.07 Å². The van der Waals surface area contributed by atoms with Gasteiger partial charge in [-0.25, -0.2) is 9.97 Å². The van der Waals surface area contributed by atoms with Crippen LogP contribution in [0, 0.1) is 6.92 Å². The van der Waals surface area contributed by atoms with E-state index >= 15 is 0 Å². The Morgan fingerprint density at radius 3 is 2.80 bits per heavy atom. The molecule has 0 unspecified atom stereocenters. The predicted molar refractivity (Wildman–Crippen MR) is 73.0 cm³/mol. The number of hydrogen-bond donors (Lipinski definition) is 1. The minimum atomic E-state index is -2.63. The normalized spacial score (nSPS) is 10.6. The first-order valence-corrected chi connectivity index (χ1v) is 6.59. The van der Waals surface area contributed by atoms with Gasteiger partial charge in [0.2, 0.25) is 0 Å². The number of halogens is 2. The van der Waals surface area contributed by atoms with E-state index in [0.29, 0.717) is 5.82 Å². The van der Waals surface area contributed by atoms with Crippen molar-refractivity contribution in [3.8, 4) is 0 Å². The second-order valence-electron chi connectivity index (χ2n) is 3.85. The first-order chi connectivity index (χ1) is 9.56. The first kappa shape index (κ1) is 14.4. The second kappa shape index (κ2) is 6.42. The lowest BCUT2D eigenvalue weighted by atomic mass is 10.2. The monoisotopic (exact) mass is 295 g/mol. The van der Waals surface area contributed by atoms with Crippen molar-refractivity contribution in [2.24, 2.45) is 0 Å². The fraction of sp³-hybridized carbons (Fsp3) is 0.154. The molecule has 7 heteroatoms. The minimum Gasteiger partial charge on any atom is -0.306 e. The van der Waals surface area contributed by atoms with Crippen LogP contribution in [-0.2, 0) is 0 Å². The van der Waals surface area contributed by atoms with E-state index in [9.17, 15) is 13.6 Å². The standard InChI is InChI=1S/C13H11F2N3OS/c1-8-4-2-6-10(17-8)18-11(19)9-5-3-7-16-12(9)20-13(14)15/h2-7,13H,1H3,(H,17,18,19). The lowest BCUT2D eigenvalue weighted by molar-refractivity contribution is 0.102. The van der Waals surface area contributed by atoms with Crippen molar-refractivity contribution in [3.05, 3.63) is 47.8 Å². The molecular weight excluding hydrogens is 284 g/mol. The van der Waals surface area contributed by atoms with E-state index in [1.54, 1.807) is 25.1 Å². The number of alkyl halides is 2. The Morgan fingerprint density at radius 1 is 1.30 bits per heavy atom. The summed E-state index contributed by atoms with van der Waals surface area (Å²) in [6, 6.07) is 8.13. The van der Waals surface area contributed by atoms with Gasteiger partial charge in [-0.2, -0.15) is 8.78 Å². The van der Waals surface area contributed by atoms with Crippen LogP contribution in [0.1, 0.15) is 16.1 Å². The molecule has 0 saturated carbocycles. The number of thioether (sulfide) groups is 1. The number of aryl methyl sites for hydroxylation is 1. The topological polar surface area (TPSA) is 54.9 Å². The molecule has 2 rings (SSSR count). The summed E-state index contributed by atoms with van der Waals surface area (Å²) >= 11 is 0.241. The van der Waals surface area contributed by atoms with Gasteiger partial charge in [0.05, 0.1) is 5.56 Å². The third kappa shape index (κ3) is 3.74. The SMILES string of the molecule is Cc1cccc(NC(=O)c2cccnc2SC(F)F)n1. The van der Waals surface area contributed by atoms with Crippen LogP contribution in [0.15, 0.2) is 41.6 Å². The lowest BCUT2D eigenvalue weighted by Gasteiger charge is -2.08. The maximum Gasteiger partial charge on any atom is 0.290 e. The lowest BCUT2D eigenvalue weighted by Crippen LogP contribution is -2.15. The average Bonchev–Trinajstić information content (AvgIpc) is 2.38. The summed E-state index contributed by atoms with van der Waals surface area (Å²) in [5, 5.41) is 2.56. The van der Waals surface area contributed by atoms with E-state index in [2.05, 4.69) is 15.3 Å². The molecule has 1 N–H and O–H groups in total. The van der Waals surface area contributed by atoms with Crippen molar-refractivity contribution in [2.45, 2.75) is 17.7 Å². The summed E-state index contributed by atoms with van der Waals surface area (Å²) in [6.45, 7) is 1.79. The number of nitrogens with zero attached hydrogens (tertiary/aromatic N) is 2. The van der Waals surface area contributed by atoms with E-state index < -0.39 is 11.7 Å². The molecule has 0 atom stereocenters. The third-order valence-corrected chi connectivity index (χ3v) is 3.07. The third-order valence-electron chi connectivity index (χ3n) is 2.35. The largest absolute Gasteiger partial charge is 0.306 e. The van der Waals surface area contributed by atoms with Gasteiger partial charge in [-0.05, 0) is 43.0 Å². The van der Waals surface area contributed by atoms with Crippen LogP contribution < -0.4 is 5.32 Å². The van der Waals surface area contributed by atoms with Crippen LogP contribution in [0.5, 0.6) is 0 Å². The average molecular weight is 295 g/mol. The maximum atomic E-state index is 12.4. The summed E-state index contributed by atoms with van der Waals surface area (Å²) in [6.07, 6.45) is 1.37. The zero-order valence-corrected chi connectivity index (χ0v) is 11.3. The smallest absolute Gasteiger partial charge is 0.290 e. The molecule has 0 aliphatic rings. The van der Waals surface area contributed by atoms with Crippen molar-refractivity contribution in [2.75, 3.05) is 5.32 Å². The van der Waals surface area contributed by atoms with Crippen LogP contribution in [0.3, 0.4) is 0 Å². The summed E-state index contributed by atoms with van der Waals surface area (Å²) in [4.78, 5) is 20.0. The van der Waals surface area contributed by atoms with Crippen LogP contribution in [-0.4, -0.2) is 21.6 Å². The molecule has 0 fully saturated rings. The van der Waals surface area contributed by atoms with Gasteiger partial charge in [0.25, 0.3) is 11.7 Å². The molecule has 0 saturated heterocycles. The highest BCUT2D eigenvalue weighted by Gasteiger charge is 2.17. The summed E-state index contributed by atoms with van der Waals surface area (Å²) in [7, 11) is 0. The number of anilines is 1. The number of rotatable bonds is 4. The predicted octanol–water partition coefficient (Wildman–Crippen LogP) is 3.35. The zero-order valence-electron chi connectivity index (χ0n) is 10.5. The Balaban J connectivity index is 2.21. The minimum absolute atomic E-state index is 0.00680. The molecule has 0 aliphatic heterocycles. The van der Waals surface area contributed by atoms with Gasteiger partial charge in [0.1, 0.15) is 10.8 Å². The Hall–Kier alpha value is -2.02. The van der Waals surface area contributed by atoms with Crippen LogP contribution >= 0.6 is 11.8 Å². The zero-order chi connectivity index (χ0) is 14.5. The summed E-state index contributed by atoms with van der Waals surface area (Å²) in [5.74, 6) is -2.78. The quantitative estimate of drug-likeness (QED) is 0.879. The second-order valence-corrected chi connectivity index (χ2v) is 4.83. The summed E-state index contributed by atoms with van der Waals surface area (Å²) in [5.41, 5.74) is 0.845. The molecule has 2 aromatic heterocycles. The number of hydrogen-bond acceptors (Lipinski definition) is 4. The molecule has 4 nitrogen and oxygen atoms in total. The van der Waals surface area contributed by atoms with Gasteiger partial charge in [0, 0.05) is 11.9 Å². The molecule has 104 valence electrons.